The molecule has 0 aliphatic heterocycles. The van der Waals surface area contributed by atoms with E-state index in [1.54, 1.807) is 0 Å². The zero-order valence-electron chi connectivity index (χ0n) is 23.9. The summed E-state index contributed by atoms with van der Waals surface area (Å²) in [6.45, 7) is 15.3. The molecule has 0 atom stereocenters. The molecule has 1 heterocycles. The molecule has 41 heavy (non-hydrogen) atoms. The molecular formula is C38H36HfN2-4. The minimum atomic E-state index is 0. The number of fused-ring (bicyclic) bond motifs is 1. The summed E-state index contributed by atoms with van der Waals surface area (Å²) in [7, 11) is 0. The van der Waals surface area contributed by atoms with Crippen molar-refractivity contribution in [2.75, 3.05) is 0 Å². The summed E-state index contributed by atoms with van der Waals surface area (Å²) in [5.41, 5.74) is 8.51. The number of benzene rings is 5. The van der Waals surface area contributed by atoms with Crippen molar-refractivity contribution in [2.24, 2.45) is 0 Å². The number of hydrogen-bond donors (Lipinski definition) is 0. The summed E-state index contributed by atoms with van der Waals surface area (Å²) < 4.78 is 0. The standard InChI is InChI=1S/C17H15N2.3C7H7.Hf/c1-12-6-3-7-13(2)16(12)19-15-10-4-8-14-9-5-11-18-17(14)15;3*1-7-5-3-2-4-6-7;/h3-11H,1-2H3;3*2-6H,1H2;/q4*-1;. The van der Waals surface area contributed by atoms with Gasteiger partial charge in [-0.05, 0) is 25.3 Å². The van der Waals surface area contributed by atoms with Crippen molar-refractivity contribution < 1.29 is 25.8 Å². The van der Waals surface area contributed by atoms with Gasteiger partial charge in [-0.3, -0.25) is 4.98 Å². The third-order valence-corrected chi connectivity index (χ3v) is 5.81. The molecule has 0 unspecified atom stereocenters. The maximum absolute atomic E-state index is 4.81. The second kappa shape index (κ2) is 18.2. The molecule has 0 saturated heterocycles. The van der Waals surface area contributed by atoms with Crippen LogP contribution in [0.1, 0.15) is 27.8 Å². The Balaban J connectivity index is 0.000000220. The van der Waals surface area contributed by atoms with Crippen LogP contribution in [0.15, 0.2) is 146 Å². The largest absolute Gasteiger partial charge is 0.656 e. The molecule has 0 amide bonds. The average Bonchev–Trinajstić information content (AvgIpc) is 2.97. The molecule has 0 radical (unpaired) electrons. The Bertz CT molecular complexity index is 1440. The van der Waals surface area contributed by atoms with E-state index in [0.29, 0.717) is 0 Å². The van der Waals surface area contributed by atoms with Crippen LogP contribution in [-0.2, 0) is 25.8 Å². The van der Waals surface area contributed by atoms with Crippen molar-refractivity contribution in [2.45, 2.75) is 13.8 Å². The summed E-state index contributed by atoms with van der Waals surface area (Å²) in [6.07, 6.45) is 1.81. The molecule has 0 spiro atoms. The van der Waals surface area contributed by atoms with E-state index in [0.717, 1.165) is 39.0 Å². The van der Waals surface area contributed by atoms with Crippen LogP contribution in [0.4, 0.5) is 11.4 Å². The van der Waals surface area contributed by atoms with Gasteiger partial charge in [0.25, 0.3) is 0 Å². The third-order valence-electron chi connectivity index (χ3n) is 5.81. The first-order valence-electron chi connectivity index (χ1n) is 13.2. The predicted molar refractivity (Wildman–Crippen MR) is 173 cm³/mol. The Morgan fingerprint density at radius 3 is 1.32 bits per heavy atom. The van der Waals surface area contributed by atoms with E-state index in [1.165, 1.54) is 11.1 Å². The van der Waals surface area contributed by atoms with Gasteiger partial charge in [-0.25, -0.2) is 0 Å². The molecule has 0 aliphatic rings. The molecule has 0 aliphatic carbocycles. The summed E-state index contributed by atoms with van der Waals surface area (Å²) >= 11 is 0. The first-order chi connectivity index (χ1) is 19.4. The molecule has 6 aromatic rings. The van der Waals surface area contributed by atoms with Crippen LogP contribution in [0.25, 0.3) is 16.2 Å². The quantitative estimate of drug-likeness (QED) is 0.131. The second-order valence-corrected chi connectivity index (χ2v) is 9.16. The van der Waals surface area contributed by atoms with E-state index >= 15 is 0 Å². The summed E-state index contributed by atoms with van der Waals surface area (Å²) in [5.74, 6) is 0. The number of para-hydroxylation sites is 2. The number of aromatic nitrogens is 1. The fraction of sp³-hybridized carbons (Fsp3) is 0.0526. The van der Waals surface area contributed by atoms with Gasteiger partial charge >= 0.3 is 0 Å². The molecule has 1 aromatic heterocycles. The van der Waals surface area contributed by atoms with Gasteiger partial charge in [0.2, 0.25) is 0 Å². The minimum absolute atomic E-state index is 0. The number of aryl methyl sites for hydroxylation is 2. The molecule has 0 saturated carbocycles. The van der Waals surface area contributed by atoms with Gasteiger partial charge < -0.3 is 5.32 Å². The summed E-state index contributed by atoms with van der Waals surface area (Å²) in [5, 5.41) is 5.93. The zero-order valence-corrected chi connectivity index (χ0v) is 27.5. The zero-order chi connectivity index (χ0) is 28.6. The normalized spacial score (nSPS) is 9.32. The number of nitrogens with zero attached hydrogens (tertiary/aromatic N) is 2. The number of rotatable bonds is 2. The number of pyridine rings is 1. The smallest absolute Gasteiger partial charge is 0.0555 e. The first kappa shape index (κ1) is 33.0. The van der Waals surface area contributed by atoms with Gasteiger partial charge in [-0.1, -0.05) is 71.8 Å². The third kappa shape index (κ3) is 11.8. The fourth-order valence-corrected chi connectivity index (χ4v) is 3.71. The topological polar surface area (TPSA) is 27.0 Å². The maximum atomic E-state index is 4.81. The molecular weight excluding hydrogens is 663 g/mol. The van der Waals surface area contributed by atoms with Crippen LogP contribution in [-0.4, -0.2) is 4.98 Å². The Morgan fingerprint density at radius 1 is 0.488 bits per heavy atom. The summed E-state index contributed by atoms with van der Waals surface area (Å²) in [6, 6.07) is 46.0. The van der Waals surface area contributed by atoms with Gasteiger partial charge in [-0.15, -0.1) is 47.8 Å². The fourth-order valence-electron chi connectivity index (χ4n) is 3.71. The SMILES string of the molecule is Cc1cccc(C)c1[N-]c1cccc2cccnc12.[CH2-]c1ccccc1.[CH2-]c1ccccc1.[CH2-]c1ccccc1.[Hf]. The molecule has 0 N–H and O–H groups in total. The Labute approximate surface area is 265 Å². The van der Waals surface area contributed by atoms with Crippen LogP contribution in [0.3, 0.4) is 0 Å². The van der Waals surface area contributed by atoms with E-state index in [1.807, 2.05) is 115 Å². The van der Waals surface area contributed by atoms with Crippen molar-refractivity contribution >= 4 is 22.3 Å². The van der Waals surface area contributed by atoms with Gasteiger partial charge in [0, 0.05) is 32.0 Å². The Hall–Kier alpha value is -4.21. The van der Waals surface area contributed by atoms with E-state index in [9.17, 15) is 0 Å². The molecule has 2 nitrogen and oxygen atoms in total. The maximum Gasteiger partial charge on any atom is 0.0555 e. The average molecular weight is 699 g/mol. The van der Waals surface area contributed by atoms with Gasteiger partial charge in [0.05, 0.1) is 5.52 Å². The van der Waals surface area contributed by atoms with Crippen LogP contribution >= 0.6 is 0 Å². The van der Waals surface area contributed by atoms with Gasteiger partial charge in [-0.2, -0.15) is 73.9 Å². The van der Waals surface area contributed by atoms with E-state index in [2.05, 4.69) is 69.9 Å². The molecule has 3 heteroatoms. The second-order valence-electron chi connectivity index (χ2n) is 9.16. The van der Waals surface area contributed by atoms with Crippen LogP contribution in [0.2, 0.25) is 0 Å². The van der Waals surface area contributed by atoms with Crippen molar-refractivity contribution in [3.05, 3.63) is 200 Å². The van der Waals surface area contributed by atoms with Gasteiger partial charge in [0.1, 0.15) is 0 Å². The first-order valence-corrected chi connectivity index (χ1v) is 13.2. The monoisotopic (exact) mass is 700 g/mol. The van der Waals surface area contributed by atoms with Gasteiger partial charge in [0.15, 0.2) is 0 Å². The van der Waals surface area contributed by atoms with Crippen LogP contribution in [0, 0.1) is 34.6 Å². The molecule has 6 rings (SSSR count). The van der Waals surface area contributed by atoms with E-state index in [-0.39, 0.29) is 25.8 Å². The molecule has 0 bridgehead atoms. The molecule has 0 fully saturated rings. The van der Waals surface area contributed by atoms with E-state index in [4.69, 9.17) is 5.32 Å². The van der Waals surface area contributed by atoms with Crippen LogP contribution in [0.5, 0.6) is 0 Å². The van der Waals surface area contributed by atoms with Crippen molar-refractivity contribution in [3.8, 4) is 0 Å². The number of hydrogen-bond acceptors (Lipinski definition) is 1. The summed E-state index contributed by atoms with van der Waals surface area (Å²) in [4.78, 5) is 4.44. The Morgan fingerprint density at radius 2 is 0.902 bits per heavy atom. The van der Waals surface area contributed by atoms with Crippen LogP contribution < -0.4 is 0 Å². The minimum Gasteiger partial charge on any atom is -0.656 e. The molecule has 206 valence electrons. The Kier molecular flexibility index (Phi) is 14.6. The molecule has 5 aromatic carbocycles. The predicted octanol–water partition coefficient (Wildman–Crippen LogP) is 10.8. The van der Waals surface area contributed by atoms with Crippen molar-refractivity contribution in [1.29, 1.82) is 0 Å². The van der Waals surface area contributed by atoms with Crippen molar-refractivity contribution in [3.63, 3.8) is 0 Å². The van der Waals surface area contributed by atoms with E-state index < -0.39 is 0 Å². The van der Waals surface area contributed by atoms with Crippen molar-refractivity contribution in [1.82, 2.24) is 4.98 Å².